The van der Waals surface area contributed by atoms with E-state index in [1.165, 1.54) is 44.4 Å². The van der Waals surface area contributed by atoms with Crippen LogP contribution in [0.4, 0.5) is 0 Å². The first-order valence-corrected chi connectivity index (χ1v) is 4.92. The number of hydrogen-bond acceptors (Lipinski definition) is 0. The molecule has 0 aromatic heterocycles. The zero-order valence-corrected chi connectivity index (χ0v) is 7.82. The van der Waals surface area contributed by atoms with E-state index in [1.807, 2.05) is 0 Å². The van der Waals surface area contributed by atoms with Crippen LogP contribution in [0.2, 0.25) is 0 Å². The van der Waals surface area contributed by atoms with Gasteiger partial charge in [-0.05, 0) is 6.42 Å². The molecule has 0 aliphatic carbocycles. The molecular formula is C10H20N+. The molecule has 0 amide bonds. The Labute approximate surface area is 69.9 Å². The summed E-state index contributed by atoms with van der Waals surface area (Å²) < 4.78 is 0. The Balaban J connectivity index is 2.12. The Hall–Kier alpha value is -0.330. The highest BCUT2D eigenvalue weighted by Gasteiger charge is 2.21. The molecule has 1 heteroatoms. The summed E-state index contributed by atoms with van der Waals surface area (Å²) in [6.07, 6.45) is 6.95. The maximum Gasteiger partial charge on any atom is 0.150 e. The van der Waals surface area contributed by atoms with Gasteiger partial charge in [0, 0.05) is 19.3 Å². The van der Waals surface area contributed by atoms with Gasteiger partial charge in [-0.25, -0.2) is 4.99 Å². The summed E-state index contributed by atoms with van der Waals surface area (Å²) in [6, 6.07) is 0. The quantitative estimate of drug-likeness (QED) is 0.583. The Morgan fingerprint density at radius 2 is 2.27 bits per heavy atom. The molecule has 1 rings (SSSR count). The average molecular weight is 154 g/mol. The van der Waals surface area contributed by atoms with Crippen molar-refractivity contribution < 1.29 is 4.99 Å². The fourth-order valence-corrected chi connectivity index (χ4v) is 1.81. The van der Waals surface area contributed by atoms with Gasteiger partial charge >= 0.3 is 0 Å². The molecule has 0 saturated carbocycles. The smallest absolute Gasteiger partial charge is 0.150 e. The molecule has 0 aromatic carbocycles. The van der Waals surface area contributed by atoms with Crippen LogP contribution in [0.15, 0.2) is 0 Å². The molecule has 1 aliphatic rings. The van der Waals surface area contributed by atoms with Gasteiger partial charge in [0.2, 0.25) is 0 Å². The van der Waals surface area contributed by atoms with Crippen LogP contribution in [0.25, 0.3) is 0 Å². The van der Waals surface area contributed by atoms with E-state index in [0.717, 1.165) is 5.92 Å². The number of nitrogens with one attached hydrogen (secondary N) is 1. The molecule has 1 atom stereocenters. The third-order valence-electron chi connectivity index (χ3n) is 2.67. The topological polar surface area (TPSA) is 14.0 Å². The van der Waals surface area contributed by atoms with Crippen LogP contribution >= 0.6 is 0 Å². The molecule has 0 radical (unpaired) electrons. The first-order valence-electron chi connectivity index (χ1n) is 4.92. The van der Waals surface area contributed by atoms with E-state index < -0.39 is 0 Å². The first-order chi connectivity index (χ1) is 5.34. The highest BCUT2D eigenvalue weighted by atomic mass is 14.8. The highest BCUT2D eigenvalue weighted by molar-refractivity contribution is 5.79. The largest absolute Gasteiger partial charge is 0.249 e. The van der Waals surface area contributed by atoms with Crippen LogP contribution in [-0.2, 0) is 0 Å². The van der Waals surface area contributed by atoms with Gasteiger partial charge < -0.3 is 0 Å². The third kappa shape index (κ3) is 2.64. The lowest BCUT2D eigenvalue weighted by molar-refractivity contribution is -0.447. The van der Waals surface area contributed by atoms with Crippen LogP contribution in [0.3, 0.4) is 0 Å². The van der Waals surface area contributed by atoms with Gasteiger partial charge in [0.1, 0.15) is 6.54 Å². The maximum absolute atomic E-state index is 3.41. The lowest BCUT2D eigenvalue weighted by Crippen LogP contribution is -2.69. The summed E-state index contributed by atoms with van der Waals surface area (Å²) in [5.41, 5.74) is 1.53. The summed E-state index contributed by atoms with van der Waals surface area (Å²) in [6.45, 7) is 5.72. The first kappa shape index (κ1) is 8.76. The van der Waals surface area contributed by atoms with Crippen LogP contribution in [0, 0.1) is 5.92 Å². The number of rotatable bonds is 4. The van der Waals surface area contributed by atoms with E-state index in [-0.39, 0.29) is 0 Å². The minimum Gasteiger partial charge on any atom is -0.249 e. The van der Waals surface area contributed by atoms with E-state index in [4.69, 9.17) is 0 Å². The van der Waals surface area contributed by atoms with Crippen molar-refractivity contribution in [3.8, 4) is 0 Å². The maximum atomic E-state index is 3.41. The molecule has 0 spiro atoms. The third-order valence-corrected chi connectivity index (χ3v) is 2.67. The van der Waals surface area contributed by atoms with Crippen LogP contribution in [0.1, 0.15) is 46.0 Å². The van der Waals surface area contributed by atoms with Gasteiger partial charge in [0.05, 0.1) is 0 Å². The molecule has 1 unspecified atom stereocenters. The summed E-state index contributed by atoms with van der Waals surface area (Å²) in [5, 5.41) is 0. The second kappa shape index (κ2) is 4.53. The number of hydrogen-bond donors (Lipinski definition) is 1. The van der Waals surface area contributed by atoms with Gasteiger partial charge in [0.25, 0.3) is 0 Å². The predicted molar refractivity (Wildman–Crippen MR) is 48.8 cm³/mol. The van der Waals surface area contributed by atoms with Crippen molar-refractivity contribution in [1.82, 2.24) is 0 Å². The van der Waals surface area contributed by atoms with E-state index in [0.29, 0.717) is 0 Å². The normalized spacial score (nSPS) is 23.8. The molecule has 64 valence electrons. The van der Waals surface area contributed by atoms with Crippen molar-refractivity contribution in [2.24, 2.45) is 5.92 Å². The minimum absolute atomic E-state index is 0.890. The second-order valence-corrected chi connectivity index (χ2v) is 3.59. The lowest BCUT2D eigenvalue weighted by Gasteiger charge is -2.04. The number of unbranched alkanes of at least 4 members (excludes halogenated alkanes) is 2. The Bertz CT molecular complexity index is 138. The highest BCUT2D eigenvalue weighted by Crippen LogP contribution is 2.14. The molecule has 1 N–H and O–H groups in total. The molecule has 0 aromatic rings. The van der Waals surface area contributed by atoms with E-state index >= 15 is 0 Å². The summed E-state index contributed by atoms with van der Waals surface area (Å²) in [4.78, 5) is 3.41. The SMILES string of the molecule is CCCCCC1CC[NH+]=C1C. The van der Waals surface area contributed by atoms with Gasteiger partial charge in [-0.15, -0.1) is 0 Å². The van der Waals surface area contributed by atoms with Crippen molar-refractivity contribution in [3.63, 3.8) is 0 Å². The van der Waals surface area contributed by atoms with Gasteiger partial charge in [-0.3, -0.25) is 0 Å². The molecule has 0 fully saturated rings. The van der Waals surface area contributed by atoms with Crippen molar-refractivity contribution in [2.75, 3.05) is 6.54 Å². The Morgan fingerprint density at radius 3 is 2.82 bits per heavy atom. The fourth-order valence-electron chi connectivity index (χ4n) is 1.81. The van der Waals surface area contributed by atoms with Crippen molar-refractivity contribution in [1.29, 1.82) is 0 Å². The molecule has 0 saturated heterocycles. The molecule has 0 bridgehead atoms. The molecule has 1 heterocycles. The van der Waals surface area contributed by atoms with Gasteiger partial charge in [-0.1, -0.05) is 26.2 Å². The minimum atomic E-state index is 0.890. The monoisotopic (exact) mass is 154 g/mol. The summed E-state index contributed by atoms with van der Waals surface area (Å²) >= 11 is 0. The van der Waals surface area contributed by atoms with Crippen LogP contribution in [0.5, 0.6) is 0 Å². The molecule has 1 aliphatic heterocycles. The van der Waals surface area contributed by atoms with Crippen LogP contribution in [-0.4, -0.2) is 12.3 Å². The van der Waals surface area contributed by atoms with Gasteiger partial charge in [-0.2, -0.15) is 0 Å². The summed E-state index contributed by atoms with van der Waals surface area (Å²) in [7, 11) is 0. The van der Waals surface area contributed by atoms with E-state index in [2.05, 4.69) is 18.8 Å². The predicted octanol–water partition coefficient (Wildman–Crippen LogP) is 1.13. The van der Waals surface area contributed by atoms with E-state index in [1.54, 1.807) is 0 Å². The van der Waals surface area contributed by atoms with Crippen molar-refractivity contribution in [3.05, 3.63) is 0 Å². The Kier molecular flexibility index (Phi) is 3.61. The van der Waals surface area contributed by atoms with Crippen molar-refractivity contribution >= 4 is 5.71 Å². The summed E-state index contributed by atoms with van der Waals surface area (Å²) in [5.74, 6) is 0.890. The molecular weight excluding hydrogens is 134 g/mol. The standard InChI is InChI=1S/C10H19N/c1-3-4-5-6-10-7-8-11-9(10)2/h10H,3-8H2,1-2H3/p+1. The second-order valence-electron chi connectivity index (χ2n) is 3.59. The van der Waals surface area contributed by atoms with Crippen molar-refractivity contribution in [2.45, 2.75) is 46.0 Å². The Morgan fingerprint density at radius 1 is 1.45 bits per heavy atom. The molecule has 11 heavy (non-hydrogen) atoms. The lowest BCUT2D eigenvalue weighted by atomic mass is 9.96. The molecule has 1 nitrogen and oxygen atoms in total. The zero-order chi connectivity index (χ0) is 8.10. The zero-order valence-electron chi connectivity index (χ0n) is 7.82. The van der Waals surface area contributed by atoms with E-state index in [9.17, 15) is 0 Å². The van der Waals surface area contributed by atoms with Crippen LogP contribution < -0.4 is 4.99 Å². The van der Waals surface area contributed by atoms with Gasteiger partial charge in [0.15, 0.2) is 5.71 Å². The fraction of sp³-hybridized carbons (Fsp3) is 0.900. The average Bonchev–Trinajstić information content (AvgIpc) is 2.37.